The maximum atomic E-state index is 2.45. The third-order valence-corrected chi connectivity index (χ3v) is 17.3. The van der Waals surface area contributed by atoms with Gasteiger partial charge >= 0.3 is 0 Å². The van der Waals surface area contributed by atoms with Crippen molar-refractivity contribution in [2.75, 3.05) is 4.90 Å². The Morgan fingerprint density at radius 3 is 1.37 bits per heavy atom. The van der Waals surface area contributed by atoms with Crippen LogP contribution in [0.3, 0.4) is 0 Å². The molecule has 0 atom stereocenters. The lowest BCUT2D eigenvalue weighted by molar-refractivity contribution is 1.30. The molecule has 0 unspecified atom stereocenters. The minimum Gasteiger partial charge on any atom is -0.309 e. The van der Waals surface area contributed by atoms with Crippen molar-refractivity contribution in [2.45, 2.75) is 0 Å². The summed E-state index contributed by atoms with van der Waals surface area (Å²) in [5.74, 6) is 0. The summed E-state index contributed by atoms with van der Waals surface area (Å²) in [6, 6.07) is 86.9. The molecule has 0 saturated carbocycles. The first-order valence-corrected chi connectivity index (χ1v) is 22.3. The highest BCUT2D eigenvalue weighted by atomic mass is 32.1. The first-order valence-electron chi connectivity index (χ1n) is 19.5. The van der Waals surface area contributed by atoms with Crippen LogP contribution in [0.4, 0.5) is 17.1 Å². The van der Waals surface area contributed by atoms with Gasteiger partial charge in [-0.25, -0.2) is 0 Å². The van der Waals surface area contributed by atoms with Crippen LogP contribution in [0.25, 0.3) is 42.4 Å². The summed E-state index contributed by atoms with van der Waals surface area (Å²) < 4.78 is 2.59. The number of hydrogen-bond acceptors (Lipinski definition) is 2. The molecular weight excluding hydrogens is 723 g/mol. The summed E-state index contributed by atoms with van der Waals surface area (Å²) in [6.07, 6.45) is 0. The van der Waals surface area contributed by atoms with Crippen molar-refractivity contribution in [1.29, 1.82) is 0 Å². The molecule has 0 fully saturated rings. The molecule has 0 spiro atoms. The fraction of sp³-hybridized carbons (Fsp3) is 0. The van der Waals surface area contributed by atoms with Gasteiger partial charge in [-0.3, -0.25) is 0 Å². The second kappa shape index (κ2) is 15.0. The number of hydrogen-bond donors (Lipinski definition) is 0. The monoisotopic (exact) mass is 761 g/mol. The zero-order valence-corrected chi connectivity index (χ0v) is 33.2. The van der Waals surface area contributed by atoms with Gasteiger partial charge in [-0.2, -0.15) is 0 Å². The number of thiophene rings is 1. The molecule has 0 N–H and O–H groups in total. The molecule has 0 bridgehead atoms. The number of rotatable bonds is 9. The summed E-state index contributed by atoms with van der Waals surface area (Å²) in [4.78, 5) is 2.41. The van der Waals surface area contributed by atoms with Gasteiger partial charge in [-0.15, -0.1) is 11.3 Å². The van der Waals surface area contributed by atoms with E-state index < -0.39 is 8.07 Å². The van der Waals surface area contributed by atoms with Gasteiger partial charge in [-0.1, -0.05) is 206 Å². The van der Waals surface area contributed by atoms with Crippen molar-refractivity contribution in [3.05, 3.63) is 237 Å². The summed E-state index contributed by atoms with van der Waals surface area (Å²) >= 11 is 1.89. The predicted molar refractivity (Wildman–Crippen MR) is 249 cm³/mol. The topological polar surface area (TPSA) is 3.24 Å². The van der Waals surface area contributed by atoms with E-state index in [4.69, 9.17) is 0 Å². The molecule has 1 aromatic heterocycles. The van der Waals surface area contributed by atoms with E-state index in [2.05, 4.69) is 241 Å². The Balaban J connectivity index is 1.10. The van der Waals surface area contributed by atoms with Gasteiger partial charge in [0.05, 0.1) is 10.4 Å². The van der Waals surface area contributed by atoms with Gasteiger partial charge in [0.2, 0.25) is 0 Å². The second-order valence-corrected chi connectivity index (χ2v) is 19.3. The summed E-state index contributed by atoms with van der Waals surface area (Å²) in [5.41, 5.74) is 8.35. The van der Waals surface area contributed by atoms with Gasteiger partial charge in [0.1, 0.15) is 0 Å². The summed E-state index contributed by atoms with van der Waals surface area (Å²) in [6.45, 7) is 0. The highest BCUT2D eigenvalue weighted by Crippen LogP contribution is 2.47. The number of nitrogens with zero attached hydrogens (tertiary/aromatic N) is 1. The van der Waals surface area contributed by atoms with Gasteiger partial charge in [0, 0.05) is 26.8 Å². The van der Waals surface area contributed by atoms with Crippen molar-refractivity contribution in [2.24, 2.45) is 0 Å². The number of anilines is 3. The van der Waals surface area contributed by atoms with E-state index in [1.165, 1.54) is 68.9 Å². The summed E-state index contributed by atoms with van der Waals surface area (Å²) in [5, 5.41) is 8.06. The van der Waals surface area contributed by atoms with E-state index in [1.807, 2.05) is 11.3 Å². The average molecular weight is 762 g/mol. The highest BCUT2D eigenvalue weighted by molar-refractivity contribution is 7.27. The van der Waals surface area contributed by atoms with Crippen LogP contribution < -0.4 is 25.6 Å². The Labute approximate surface area is 339 Å². The largest absolute Gasteiger partial charge is 0.309 e. The van der Waals surface area contributed by atoms with Crippen LogP contribution in [0, 0.1) is 0 Å². The number of fused-ring (bicyclic) bond motifs is 3. The van der Waals surface area contributed by atoms with E-state index >= 15 is 0 Å². The van der Waals surface area contributed by atoms with E-state index in [0.29, 0.717) is 0 Å². The quantitative estimate of drug-likeness (QED) is 0.105. The Bertz CT molecular complexity index is 2830. The van der Waals surface area contributed by atoms with Gasteiger partial charge < -0.3 is 4.90 Å². The molecule has 3 heteroatoms. The van der Waals surface area contributed by atoms with Crippen molar-refractivity contribution >= 4 is 77.4 Å². The Morgan fingerprint density at radius 2 is 0.772 bits per heavy atom. The van der Waals surface area contributed by atoms with Crippen molar-refractivity contribution in [1.82, 2.24) is 0 Å². The molecule has 0 aliphatic heterocycles. The maximum Gasteiger partial charge on any atom is 0.179 e. The van der Waals surface area contributed by atoms with Crippen LogP contribution in [0.2, 0.25) is 0 Å². The lowest BCUT2D eigenvalue weighted by atomic mass is 10.0. The Hall–Kier alpha value is -6.78. The minimum atomic E-state index is -2.65. The number of benzene rings is 9. The van der Waals surface area contributed by atoms with E-state index in [1.54, 1.807) is 0 Å². The van der Waals surface area contributed by atoms with Crippen LogP contribution in [0.1, 0.15) is 0 Å². The molecule has 0 amide bonds. The van der Waals surface area contributed by atoms with Crippen molar-refractivity contribution < 1.29 is 0 Å². The highest BCUT2D eigenvalue weighted by Gasteiger charge is 2.41. The van der Waals surface area contributed by atoms with Crippen LogP contribution >= 0.6 is 11.3 Å². The number of para-hydroxylation sites is 1. The van der Waals surface area contributed by atoms with Crippen LogP contribution in [-0.4, -0.2) is 8.07 Å². The normalized spacial score (nSPS) is 11.5. The van der Waals surface area contributed by atoms with Gasteiger partial charge in [0.15, 0.2) is 8.07 Å². The van der Waals surface area contributed by atoms with E-state index in [9.17, 15) is 0 Å². The average Bonchev–Trinajstić information content (AvgIpc) is 3.69. The third-order valence-electron chi connectivity index (χ3n) is 11.2. The second-order valence-electron chi connectivity index (χ2n) is 14.5. The molecule has 10 rings (SSSR count). The molecule has 0 radical (unpaired) electrons. The summed E-state index contributed by atoms with van der Waals surface area (Å²) in [7, 11) is -2.65. The third kappa shape index (κ3) is 6.18. The lowest BCUT2D eigenvalue weighted by Gasteiger charge is -2.34. The first-order chi connectivity index (χ1) is 28.3. The van der Waals surface area contributed by atoms with Gasteiger partial charge in [-0.05, 0) is 73.3 Å². The minimum absolute atomic E-state index is 1.12. The molecule has 9 aromatic carbocycles. The molecule has 0 aliphatic carbocycles. The van der Waals surface area contributed by atoms with Gasteiger partial charge in [0.25, 0.3) is 0 Å². The van der Waals surface area contributed by atoms with E-state index in [0.717, 1.165) is 11.4 Å². The van der Waals surface area contributed by atoms with E-state index in [-0.39, 0.29) is 0 Å². The predicted octanol–water partition coefficient (Wildman–Crippen LogP) is 12.2. The molecular formula is C54H39NSSi. The fourth-order valence-electron chi connectivity index (χ4n) is 8.63. The van der Waals surface area contributed by atoms with Crippen LogP contribution in [0.5, 0.6) is 0 Å². The molecule has 1 heterocycles. The smallest absolute Gasteiger partial charge is 0.179 e. The molecule has 1 nitrogen and oxygen atoms in total. The van der Waals surface area contributed by atoms with Crippen molar-refractivity contribution in [3.63, 3.8) is 0 Å². The standard InChI is InChI=1S/C54H39NSSi/c1-6-19-41(20-7-1)49-31-17-32-50-51-33-18-34-52(54(51)56-53(49)50)55(43-22-8-2-9-23-43)44-37-35-40(36-38-44)42-21-16-30-48(39-42)57(45-24-10-3-11-25-45,46-26-12-4-13-27-46)47-28-14-5-15-29-47/h1-39H. The fourth-order valence-corrected chi connectivity index (χ4v) is 14.8. The zero-order valence-electron chi connectivity index (χ0n) is 31.4. The molecule has 10 aromatic rings. The van der Waals surface area contributed by atoms with Crippen LogP contribution in [0.15, 0.2) is 237 Å². The Morgan fingerprint density at radius 1 is 0.316 bits per heavy atom. The van der Waals surface area contributed by atoms with Crippen LogP contribution in [-0.2, 0) is 0 Å². The van der Waals surface area contributed by atoms with Crippen molar-refractivity contribution in [3.8, 4) is 22.3 Å². The Kier molecular flexibility index (Phi) is 9.15. The molecule has 0 saturated heterocycles. The molecule has 270 valence electrons. The lowest BCUT2D eigenvalue weighted by Crippen LogP contribution is -2.74. The maximum absolute atomic E-state index is 2.65. The first kappa shape index (κ1) is 34.7. The zero-order chi connectivity index (χ0) is 38.0. The molecule has 0 aliphatic rings. The molecule has 57 heavy (non-hydrogen) atoms. The SMILES string of the molecule is c1ccc(-c2cccc3c2sc2c(N(c4ccccc4)c4ccc(-c5cccc([Si](c6ccccc6)(c6ccccc6)c6ccccc6)c5)cc4)cccc23)cc1.